The van der Waals surface area contributed by atoms with Gasteiger partial charge in [0.05, 0.1) is 13.0 Å². The number of hydrogen-bond acceptors (Lipinski definition) is 3. The van der Waals surface area contributed by atoms with Gasteiger partial charge in [-0.3, -0.25) is 4.79 Å². The summed E-state index contributed by atoms with van der Waals surface area (Å²) in [5.74, 6) is 0.275. The fourth-order valence-corrected chi connectivity index (χ4v) is 0.929. The normalized spacial score (nSPS) is 9.79. The van der Waals surface area contributed by atoms with Crippen molar-refractivity contribution >= 4 is 5.97 Å². The Kier molecular flexibility index (Phi) is 4.72. The molecule has 0 aromatic heterocycles. The third kappa shape index (κ3) is 4.05. The zero-order valence-electron chi connectivity index (χ0n) is 7.94. The van der Waals surface area contributed by atoms with E-state index in [-0.39, 0.29) is 12.4 Å². The molecular formula is C11H13O3. The third-order valence-corrected chi connectivity index (χ3v) is 1.57. The van der Waals surface area contributed by atoms with E-state index >= 15 is 0 Å². The van der Waals surface area contributed by atoms with Gasteiger partial charge in [0, 0.05) is 6.61 Å². The summed E-state index contributed by atoms with van der Waals surface area (Å²) in [6.07, 6.45) is 0.254. The molecule has 3 nitrogen and oxygen atoms in total. The van der Waals surface area contributed by atoms with Gasteiger partial charge in [0.15, 0.2) is 0 Å². The molecule has 0 amide bonds. The molecule has 0 aliphatic carbocycles. The molecular weight excluding hydrogens is 180 g/mol. The van der Waals surface area contributed by atoms with Gasteiger partial charge >= 0.3 is 5.97 Å². The lowest BCUT2D eigenvalue weighted by Gasteiger charge is -2.03. The molecule has 0 fully saturated rings. The molecule has 0 aliphatic heterocycles. The fraction of sp³-hybridized carbons (Fsp3) is 0.273. The molecule has 0 heterocycles. The van der Waals surface area contributed by atoms with Crippen molar-refractivity contribution in [3.05, 3.63) is 37.3 Å². The van der Waals surface area contributed by atoms with Gasteiger partial charge in [-0.25, -0.2) is 0 Å². The van der Waals surface area contributed by atoms with Crippen molar-refractivity contribution in [1.82, 2.24) is 0 Å². The first kappa shape index (κ1) is 10.7. The smallest absolute Gasteiger partial charge is 0.313 e. The number of carbonyl (C=O) groups excluding carboxylic acids is 1. The monoisotopic (exact) mass is 193 g/mol. The van der Waals surface area contributed by atoms with Crippen molar-refractivity contribution in [3.8, 4) is 5.75 Å². The van der Waals surface area contributed by atoms with E-state index in [4.69, 9.17) is 9.47 Å². The highest BCUT2D eigenvalue weighted by molar-refractivity contribution is 5.72. The van der Waals surface area contributed by atoms with E-state index in [1.54, 1.807) is 12.1 Å². The molecule has 1 radical (unpaired) electrons. The maximum absolute atomic E-state index is 11.2. The van der Waals surface area contributed by atoms with E-state index in [0.29, 0.717) is 19.0 Å². The van der Waals surface area contributed by atoms with E-state index in [9.17, 15) is 4.79 Å². The Morgan fingerprint density at radius 2 is 2.00 bits per heavy atom. The van der Waals surface area contributed by atoms with E-state index in [0.717, 1.165) is 0 Å². The van der Waals surface area contributed by atoms with Crippen molar-refractivity contribution in [1.29, 1.82) is 0 Å². The molecule has 1 aromatic rings. The Morgan fingerprint density at radius 3 is 2.64 bits per heavy atom. The summed E-state index contributed by atoms with van der Waals surface area (Å²) in [6.45, 7) is 4.22. The number of esters is 1. The van der Waals surface area contributed by atoms with Crippen LogP contribution in [-0.2, 0) is 9.53 Å². The molecule has 0 atom stereocenters. The predicted octanol–water partition coefficient (Wildman–Crippen LogP) is 1.83. The van der Waals surface area contributed by atoms with Crippen LogP contribution in [0.15, 0.2) is 30.3 Å². The zero-order chi connectivity index (χ0) is 10.2. The second-order valence-corrected chi connectivity index (χ2v) is 2.65. The van der Waals surface area contributed by atoms with Crippen LogP contribution in [0.1, 0.15) is 6.42 Å². The third-order valence-electron chi connectivity index (χ3n) is 1.57. The standard InChI is InChI=1S/C11H13O3/c1-2-13-9-8-11(12)14-10-6-4-3-5-7-10/h3-7H,1-2,8-9H2. The largest absolute Gasteiger partial charge is 0.426 e. The average molecular weight is 193 g/mol. The number of benzene rings is 1. The van der Waals surface area contributed by atoms with E-state index in [1.807, 2.05) is 18.2 Å². The van der Waals surface area contributed by atoms with Gasteiger partial charge in [0.25, 0.3) is 0 Å². The molecule has 14 heavy (non-hydrogen) atoms. The van der Waals surface area contributed by atoms with E-state index in [1.165, 1.54) is 0 Å². The Balaban J connectivity index is 2.27. The summed E-state index contributed by atoms with van der Waals surface area (Å²) in [5, 5.41) is 0. The van der Waals surface area contributed by atoms with Crippen LogP contribution in [0.25, 0.3) is 0 Å². The molecule has 0 saturated carbocycles. The summed E-state index contributed by atoms with van der Waals surface area (Å²) in [4.78, 5) is 11.2. The maximum Gasteiger partial charge on any atom is 0.313 e. The van der Waals surface area contributed by atoms with Crippen LogP contribution in [0.5, 0.6) is 5.75 Å². The first-order valence-electron chi connectivity index (χ1n) is 4.45. The lowest BCUT2D eigenvalue weighted by atomic mass is 10.3. The topological polar surface area (TPSA) is 35.5 Å². The van der Waals surface area contributed by atoms with Crippen LogP contribution in [0.2, 0.25) is 0 Å². The fourth-order valence-electron chi connectivity index (χ4n) is 0.929. The lowest BCUT2D eigenvalue weighted by Crippen LogP contribution is -2.11. The minimum absolute atomic E-state index is 0.254. The number of ether oxygens (including phenoxy) is 2. The van der Waals surface area contributed by atoms with Gasteiger partial charge in [0.1, 0.15) is 5.75 Å². The van der Waals surface area contributed by atoms with Gasteiger partial charge in [-0.05, 0) is 19.1 Å². The van der Waals surface area contributed by atoms with Gasteiger partial charge in [0.2, 0.25) is 0 Å². The van der Waals surface area contributed by atoms with Crippen LogP contribution in [-0.4, -0.2) is 19.2 Å². The van der Waals surface area contributed by atoms with Gasteiger partial charge in [-0.2, -0.15) is 0 Å². The average Bonchev–Trinajstić information content (AvgIpc) is 2.20. The molecule has 3 heteroatoms. The molecule has 0 unspecified atom stereocenters. The molecule has 1 aromatic carbocycles. The Hall–Kier alpha value is -1.35. The number of carbonyl (C=O) groups is 1. The van der Waals surface area contributed by atoms with Crippen molar-refractivity contribution in [2.45, 2.75) is 6.42 Å². The summed E-state index contributed by atoms with van der Waals surface area (Å²) < 4.78 is 9.95. The summed E-state index contributed by atoms with van der Waals surface area (Å²) >= 11 is 0. The minimum Gasteiger partial charge on any atom is -0.426 e. The van der Waals surface area contributed by atoms with E-state index in [2.05, 4.69) is 6.92 Å². The highest BCUT2D eigenvalue weighted by atomic mass is 16.5. The molecule has 0 aliphatic rings. The Labute approximate surface area is 83.6 Å². The molecule has 0 N–H and O–H groups in total. The van der Waals surface area contributed by atoms with Gasteiger partial charge in [-0.15, -0.1) is 0 Å². The van der Waals surface area contributed by atoms with Crippen LogP contribution >= 0.6 is 0 Å². The van der Waals surface area contributed by atoms with Crippen molar-refractivity contribution in [3.63, 3.8) is 0 Å². The number of para-hydroxylation sites is 1. The first-order valence-corrected chi connectivity index (χ1v) is 4.45. The van der Waals surface area contributed by atoms with Crippen molar-refractivity contribution < 1.29 is 14.3 Å². The van der Waals surface area contributed by atoms with Crippen LogP contribution in [0, 0.1) is 6.92 Å². The first-order chi connectivity index (χ1) is 6.83. The summed E-state index contributed by atoms with van der Waals surface area (Å²) in [6, 6.07) is 8.97. The summed E-state index contributed by atoms with van der Waals surface area (Å²) in [5.41, 5.74) is 0. The second-order valence-electron chi connectivity index (χ2n) is 2.65. The van der Waals surface area contributed by atoms with Crippen molar-refractivity contribution in [2.75, 3.05) is 13.2 Å². The van der Waals surface area contributed by atoms with Gasteiger partial charge in [-0.1, -0.05) is 18.2 Å². The van der Waals surface area contributed by atoms with Crippen LogP contribution < -0.4 is 4.74 Å². The zero-order valence-corrected chi connectivity index (χ0v) is 7.94. The van der Waals surface area contributed by atoms with Crippen molar-refractivity contribution in [2.24, 2.45) is 0 Å². The molecule has 0 spiro atoms. The number of rotatable bonds is 5. The van der Waals surface area contributed by atoms with Gasteiger partial charge < -0.3 is 9.47 Å². The molecule has 0 bridgehead atoms. The SMILES string of the molecule is [CH2]COCCC(=O)Oc1ccccc1. The van der Waals surface area contributed by atoms with Crippen LogP contribution in [0.4, 0.5) is 0 Å². The highest BCUT2D eigenvalue weighted by Crippen LogP contribution is 2.08. The quantitative estimate of drug-likeness (QED) is 0.406. The number of hydrogen-bond donors (Lipinski definition) is 0. The van der Waals surface area contributed by atoms with Crippen LogP contribution in [0.3, 0.4) is 0 Å². The molecule has 1 rings (SSSR count). The summed E-state index contributed by atoms with van der Waals surface area (Å²) in [7, 11) is 0. The molecule has 0 saturated heterocycles. The minimum atomic E-state index is -0.287. The Bertz CT molecular complexity index is 269. The lowest BCUT2D eigenvalue weighted by molar-refractivity contribution is -0.135. The Morgan fingerprint density at radius 1 is 1.29 bits per heavy atom. The maximum atomic E-state index is 11.2. The van der Waals surface area contributed by atoms with E-state index < -0.39 is 0 Å². The predicted molar refractivity (Wildman–Crippen MR) is 52.9 cm³/mol. The highest BCUT2D eigenvalue weighted by Gasteiger charge is 2.03. The molecule has 75 valence electrons. The second kappa shape index (κ2) is 6.16.